The molecular weight excluding hydrogens is 541 g/mol. The topological polar surface area (TPSA) is 46.6 Å². The highest BCUT2D eigenvalue weighted by molar-refractivity contribution is 9.11. The Morgan fingerprint density at radius 2 is 1.93 bits per heavy atom. The second-order valence-electron chi connectivity index (χ2n) is 5.51. The minimum absolute atomic E-state index is 0.0807. The molecular formula is C18H11Br2Cl2NO3S. The molecule has 1 fully saturated rings. The summed E-state index contributed by atoms with van der Waals surface area (Å²) >= 11 is 19.8. The molecule has 9 heteroatoms. The Hall–Kier alpha value is -0.990. The maximum absolute atomic E-state index is 12.8. The smallest absolute Gasteiger partial charge is 0.293 e. The molecule has 3 rings (SSSR count). The standard InChI is InChI=1S/C18H11Br2Cl2NO3S/c1-26-16-10(4-11(19)6-13(16)20)5-15-17(24)23(18(25)27-15)8-9-2-3-12(21)7-14(9)22/h2-7H,8H2,1H3/b15-5-. The van der Waals surface area contributed by atoms with E-state index in [0.29, 0.717) is 31.8 Å². The number of nitrogens with zero attached hydrogens (tertiary/aromatic N) is 1. The van der Waals surface area contributed by atoms with Crippen LogP contribution in [-0.2, 0) is 11.3 Å². The zero-order valence-electron chi connectivity index (χ0n) is 13.8. The summed E-state index contributed by atoms with van der Waals surface area (Å²) in [5.74, 6) is 0.194. The maximum Gasteiger partial charge on any atom is 0.293 e. The summed E-state index contributed by atoms with van der Waals surface area (Å²) in [5.41, 5.74) is 1.32. The zero-order chi connectivity index (χ0) is 19.7. The van der Waals surface area contributed by atoms with E-state index in [1.165, 1.54) is 0 Å². The fourth-order valence-electron chi connectivity index (χ4n) is 2.50. The van der Waals surface area contributed by atoms with Crippen LogP contribution in [-0.4, -0.2) is 23.2 Å². The van der Waals surface area contributed by atoms with Gasteiger partial charge in [0.05, 0.1) is 23.0 Å². The minimum Gasteiger partial charge on any atom is -0.495 e. The molecule has 1 heterocycles. The van der Waals surface area contributed by atoms with E-state index in [9.17, 15) is 9.59 Å². The summed E-state index contributed by atoms with van der Waals surface area (Å²) in [6.07, 6.45) is 1.64. The molecule has 0 bridgehead atoms. The van der Waals surface area contributed by atoms with E-state index in [0.717, 1.165) is 25.6 Å². The largest absolute Gasteiger partial charge is 0.495 e. The van der Waals surface area contributed by atoms with E-state index < -0.39 is 0 Å². The molecule has 0 radical (unpaired) electrons. The van der Waals surface area contributed by atoms with Crippen LogP contribution in [0.15, 0.2) is 44.2 Å². The highest BCUT2D eigenvalue weighted by Crippen LogP contribution is 2.38. The highest BCUT2D eigenvalue weighted by Gasteiger charge is 2.35. The number of benzene rings is 2. The van der Waals surface area contributed by atoms with Crippen molar-refractivity contribution in [2.45, 2.75) is 6.54 Å². The lowest BCUT2D eigenvalue weighted by atomic mass is 10.1. The zero-order valence-corrected chi connectivity index (χ0v) is 19.3. The monoisotopic (exact) mass is 549 g/mol. The third-order valence-corrected chi connectivity index (χ3v) is 6.29. The number of hydrogen-bond acceptors (Lipinski definition) is 4. The van der Waals surface area contributed by atoms with Gasteiger partial charge in [-0.3, -0.25) is 14.5 Å². The summed E-state index contributed by atoms with van der Waals surface area (Å²) in [7, 11) is 1.54. The van der Waals surface area contributed by atoms with Gasteiger partial charge in [0.15, 0.2) is 0 Å². The average Bonchev–Trinajstić information content (AvgIpc) is 2.84. The molecule has 0 atom stereocenters. The number of ether oxygens (including phenoxy) is 1. The second kappa shape index (κ2) is 8.57. The Kier molecular flexibility index (Phi) is 6.58. The van der Waals surface area contributed by atoms with Crippen molar-refractivity contribution in [3.8, 4) is 5.75 Å². The van der Waals surface area contributed by atoms with Gasteiger partial charge in [0, 0.05) is 20.1 Å². The van der Waals surface area contributed by atoms with Crippen molar-refractivity contribution in [1.29, 1.82) is 0 Å². The molecule has 0 aliphatic carbocycles. The fourth-order valence-corrected chi connectivity index (χ4v) is 5.22. The van der Waals surface area contributed by atoms with Gasteiger partial charge >= 0.3 is 0 Å². The predicted molar refractivity (Wildman–Crippen MR) is 116 cm³/mol. The average molecular weight is 552 g/mol. The lowest BCUT2D eigenvalue weighted by Gasteiger charge is -2.14. The number of carbonyl (C=O) groups excluding carboxylic acids is 2. The van der Waals surface area contributed by atoms with Crippen molar-refractivity contribution in [3.05, 3.63) is 65.4 Å². The molecule has 4 nitrogen and oxygen atoms in total. The van der Waals surface area contributed by atoms with Crippen molar-refractivity contribution in [2.75, 3.05) is 7.11 Å². The van der Waals surface area contributed by atoms with Gasteiger partial charge in [-0.1, -0.05) is 45.2 Å². The molecule has 0 unspecified atom stereocenters. The van der Waals surface area contributed by atoms with Crippen LogP contribution in [0.25, 0.3) is 6.08 Å². The third-order valence-electron chi connectivity index (χ3n) is 3.74. The van der Waals surface area contributed by atoms with Crippen LogP contribution in [0, 0.1) is 0 Å². The Morgan fingerprint density at radius 1 is 1.19 bits per heavy atom. The molecule has 0 aromatic heterocycles. The van der Waals surface area contributed by atoms with Crippen LogP contribution in [0.3, 0.4) is 0 Å². The fraction of sp³-hybridized carbons (Fsp3) is 0.111. The molecule has 2 amide bonds. The van der Waals surface area contributed by atoms with E-state index >= 15 is 0 Å². The van der Waals surface area contributed by atoms with Gasteiger partial charge in [0.1, 0.15) is 5.75 Å². The first-order chi connectivity index (χ1) is 12.8. The number of methoxy groups -OCH3 is 1. The quantitative estimate of drug-likeness (QED) is 0.394. The van der Waals surface area contributed by atoms with Crippen molar-refractivity contribution in [2.24, 2.45) is 0 Å². The minimum atomic E-state index is -0.380. The summed E-state index contributed by atoms with van der Waals surface area (Å²) in [6.45, 7) is 0.0807. The summed E-state index contributed by atoms with van der Waals surface area (Å²) in [6, 6.07) is 8.60. The summed E-state index contributed by atoms with van der Waals surface area (Å²) < 4.78 is 6.94. The van der Waals surface area contributed by atoms with Gasteiger partial charge in [0.25, 0.3) is 11.1 Å². The first-order valence-corrected chi connectivity index (χ1v) is 10.7. The molecule has 0 N–H and O–H groups in total. The molecule has 2 aromatic carbocycles. The van der Waals surface area contributed by atoms with E-state index in [4.69, 9.17) is 27.9 Å². The molecule has 140 valence electrons. The third kappa shape index (κ3) is 4.54. The Labute approximate surface area is 187 Å². The van der Waals surface area contributed by atoms with Crippen molar-refractivity contribution in [3.63, 3.8) is 0 Å². The normalized spacial score (nSPS) is 15.7. The Balaban J connectivity index is 1.91. The van der Waals surface area contributed by atoms with Crippen LogP contribution in [0.1, 0.15) is 11.1 Å². The van der Waals surface area contributed by atoms with Gasteiger partial charge in [-0.05, 0) is 63.6 Å². The summed E-state index contributed by atoms with van der Waals surface area (Å²) in [5, 5.41) is 0.540. The molecule has 2 aromatic rings. The molecule has 1 aliphatic rings. The first-order valence-electron chi connectivity index (χ1n) is 7.52. The van der Waals surface area contributed by atoms with Crippen molar-refractivity contribution in [1.82, 2.24) is 4.90 Å². The van der Waals surface area contributed by atoms with Gasteiger partial charge in [-0.15, -0.1) is 0 Å². The van der Waals surface area contributed by atoms with Crippen LogP contribution >= 0.6 is 66.8 Å². The van der Waals surface area contributed by atoms with Crippen molar-refractivity contribution < 1.29 is 14.3 Å². The van der Waals surface area contributed by atoms with E-state index in [2.05, 4.69) is 31.9 Å². The molecule has 0 spiro atoms. The lowest BCUT2D eigenvalue weighted by molar-refractivity contribution is -0.123. The number of imide groups is 1. The van der Waals surface area contributed by atoms with Gasteiger partial charge in [0.2, 0.25) is 0 Å². The highest BCUT2D eigenvalue weighted by atomic mass is 79.9. The number of carbonyl (C=O) groups is 2. The molecule has 1 aliphatic heterocycles. The van der Waals surface area contributed by atoms with Gasteiger partial charge < -0.3 is 4.74 Å². The number of halogens is 4. The molecule has 27 heavy (non-hydrogen) atoms. The number of hydrogen-bond donors (Lipinski definition) is 0. The van der Waals surface area contributed by atoms with Crippen LogP contribution in [0.2, 0.25) is 10.0 Å². The number of amides is 2. The first kappa shape index (κ1) is 20.7. The predicted octanol–water partition coefficient (Wildman–Crippen LogP) is 6.76. The van der Waals surface area contributed by atoms with Crippen LogP contribution in [0.5, 0.6) is 5.75 Å². The number of thioether (sulfide) groups is 1. The van der Waals surface area contributed by atoms with Gasteiger partial charge in [-0.2, -0.15) is 0 Å². The van der Waals surface area contributed by atoms with E-state index in [1.54, 1.807) is 31.4 Å². The van der Waals surface area contributed by atoms with Gasteiger partial charge in [-0.25, -0.2) is 0 Å². The molecule has 0 saturated carbocycles. The van der Waals surface area contributed by atoms with E-state index in [1.807, 2.05) is 12.1 Å². The molecule has 1 saturated heterocycles. The van der Waals surface area contributed by atoms with Crippen LogP contribution < -0.4 is 4.74 Å². The van der Waals surface area contributed by atoms with E-state index in [-0.39, 0.29) is 17.7 Å². The lowest BCUT2D eigenvalue weighted by Crippen LogP contribution is -2.27. The Bertz CT molecular complexity index is 981. The SMILES string of the molecule is COc1c(Br)cc(Br)cc1/C=C1\SC(=O)N(Cc2ccc(Cl)cc2Cl)C1=O. The second-order valence-corrected chi connectivity index (χ2v) is 9.12. The summed E-state index contributed by atoms with van der Waals surface area (Å²) in [4.78, 5) is 26.6. The van der Waals surface area contributed by atoms with Crippen LogP contribution in [0.4, 0.5) is 4.79 Å². The Morgan fingerprint density at radius 3 is 2.59 bits per heavy atom. The maximum atomic E-state index is 12.8. The number of rotatable bonds is 4. The van der Waals surface area contributed by atoms with Crippen molar-refractivity contribution >= 4 is 84.0 Å².